The van der Waals surface area contributed by atoms with Crippen molar-refractivity contribution < 1.29 is 14.3 Å². The van der Waals surface area contributed by atoms with E-state index in [-0.39, 0.29) is 12.5 Å². The van der Waals surface area contributed by atoms with E-state index >= 15 is 0 Å². The number of benzene rings is 1. The van der Waals surface area contributed by atoms with E-state index in [1.165, 1.54) is 38.5 Å². The quantitative estimate of drug-likeness (QED) is 0.819. The van der Waals surface area contributed by atoms with E-state index in [1.54, 1.807) is 7.11 Å². The van der Waals surface area contributed by atoms with Crippen LogP contribution in [0.4, 0.5) is 0 Å². The fourth-order valence-electron chi connectivity index (χ4n) is 5.94. The van der Waals surface area contributed by atoms with Crippen LogP contribution >= 0.6 is 0 Å². The van der Waals surface area contributed by atoms with Crippen molar-refractivity contribution in [3.8, 4) is 11.5 Å². The third kappa shape index (κ3) is 3.78. The van der Waals surface area contributed by atoms with Crippen molar-refractivity contribution in [2.24, 2.45) is 23.2 Å². The van der Waals surface area contributed by atoms with Crippen LogP contribution in [-0.2, 0) is 4.79 Å². The minimum absolute atomic E-state index is 0.0273. The first kappa shape index (κ1) is 16.7. The van der Waals surface area contributed by atoms with Crippen LogP contribution in [0.1, 0.15) is 44.9 Å². The van der Waals surface area contributed by atoms with E-state index in [4.69, 9.17) is 9.47 Å². The molecule has 4 heteroatoms. The van der Waals surface area contributed by atoms with Gasteiger partial charge in [0.1, 0.15) is 11.5 Å². The number of methoxy groups -OCH3 is 1. The second-order valence-electron chi connectivity index (χ2n) is 8.48. The lowest BCUT2D eigenvalue weighted by molar-refractivity contribution is -0.123. The maximum atomic E-state index is 12.1. The molecule has 0 aliphatic heterocycles. The highest BCUT2D eigenvalue weighted by Gasteiger charge is 2.50. The number of carbonyl (C=O) groups is 1. The van der Waals surface area contributed by atoms with Gasteiger partial charge in [0.05, 0.1) is 7.11 Å². The van der Waals surface area contributed by atoms with Crippen molar-refractivity contribution in [3.63, 3.8) is 0 Å². The lowest BCUT2D eigenvalue weighted by Crippen LogP contribution is -2.47. The molecule has 0 aromatic heterocycles. The Kier molecular flexibility index (Phi) is 4.61. The molecule has 0 atom stereocenters. The molecule has 136 valence electrons. The molecule has 0 spiro atoms. The molecule has 25 heavy (non-hydrogen) atoms. The maximum Gasteiger partial charge on any atom is 0.257 e. The summed E-state index contributed by atoms with van der Waals surface area (Å²) in [4.78, 5) is 12.1. The molecular formula is C21H29NO3. The van der Waals surface area contributed by atoms with Crippen molar-refractivity contribution in [1.29, 1.82) is 0 Å². The Bertz CT molecular complexity index is 575. The highest BCUT2D eigenvalue weighted by molar-refractivity contribution is 5.77. The van der Waals surface area contributed by atoms with Gasteiger partial charge >= 0.3 is 0 Å². The Hall–Kier alpha value is -1.71. The summed E-state index contributed by atoms with van der Waals surface area (Å²) in [6, 6.07) is 7.31. The first-order chi connectivity index (χ1) is 12.1. The van der Waals surface area contributed by atoms with Crippen molar-refractivity contribution in [1.82, 2.24) is 5.32 Å². The molecule has 1 amide bonds. The van der Waals surface area contributed by atoms with Crippen LogP contribution in [0.5, 0.6) is 11.5 Å². The molecular weight excluding hydrogens is 314 g/mol. The molecule has 4 nitrogen and oxygen atoms in total. The van der Waals surface area contributed by atoms with Gasteiger partial charge in [0.25, 0.3) is 5.91 Å². The molecule has 1 aromatic rings. The number of hydrogen-bond acceptors (Lipinski definition) is 3. The molecule has 0 saturated heterocycles. The number of carbonyl (C=O) groups excluding carboxylic acids is 1. The first-order valence-corrected chi connectivity index (χ1v) is 9.68. The Labute approximate surface area is 150 Å². The summed E-state index contributed by atoms with van der Waals surface area (Å²) in [6.45, 7) is 0.865. The average molecular weight is 343 g/mol. The number of nitrogens with one attached hydrogen (secondary N) is 1. The number of amides is 1. The van der Waals surface area contributed by atoms with Crippen LogP contribution < -0.4 is 14.8 Å². The summed E-state index contributed by atoms with van der Waals surface area (Å²) in [6.07, 6.45) is 9.76. The molecule has 1 N–H and O–H groups in total. The lowest BCUT2D eigenvalue weighted by atomic mass is 9.49. The zero-order valence-electron chi connectivity index (χ0n) is 15.1. The SMILES string of the molecule is COc1ccc(OCC(=O)NCCC23CC4CC(CC(C4)C2)C3)cc1. The van der Waals surface area contributed by atoms with Gasteiger partial charge in [-0.05, 0) is 92.4 Å². The number of ether oxygens (including phenoxy) is 2. The van der Waals surface area contributed by atoms with Crippen molar-refractivity contribution in [2.45, 2.75) is 44.9 Å². The van der Waals surface area contributed by atoms with Gasteiger partial charge in [-0.2, -0.15) is 0 Å². The minimum atomic E-state index is -0.0273. The van der Waals surface area contributed by atoms with Crippen LogP contribution in [0.2, 0.25) is 0 Å². The van der Waals surface area contributed by atoms with Gasteiger partial charge in [0.15, 0.2) is 6.61 Å². The van der Waals surface area contributed by atoms with E-state index in [0.29, 0.717) is 11.2 Å². The number of hydrogen-bond donors (Lipinski definition) is 1. The van der Waals surface area contributed by atoms with Gasteiger partial charge in [-0.15, -0.1) is 0 Å². The Morgan fingerprint density at radius 2 is 1.60 bits per heavy atom. The largest absolute Gasteiger partial charge is 0.497 e. The Balaban J connectivity index is 1.20. The van der Waals surface area contributed by atoms with Crippen LogP contribution in [0.15, 0.2) is 24.3 Å². The van der Waals surface area contributed by atoms with Gasteiger partial charge in [0, 0.05) is 6.54 Å². The fraction of sp³-hybridized carbons (Fsp3) is 0.667. The zero-order chi connectivity index (χ0) is 17.3. The van der Waals surface area contributed by atoms with E-state index in [9.17, 15) is 4.79 Å². The molecule has 5 rings (SSSR count). The van der Waals surface area contributed by atoms with Crippen molar-refractivity contribution in [3.05, 3.63) is 24.3 Å². The summed E-state index contributed by atoms with van der Waals surface area (Å²) in [7, 11) is 1.63. The zero-order valence-corrected chi connectivity index (χ0v) is 15.1. The highest BCUT2D eigenvalue weighted by atomic mass is 16.5. The third-order valence-corrected chi connectivity index (χ3v) is 6.57. The number of rotatable bonds is 7. The van der Waals surface area contributed by atoms with E-state index in [0.717, 1.165) is 36.5 Å². The molecule has 4 fully saturated rings. The van der Waals surface area contributed by atoms with Crippen LogP contribution in [-0.4, -0.2) is 26.2 Å². The van der Waals surface area contributed by atoms with Crippen LogP contribution in [0.25, 0.3) is 0 Å². The van der Waals surface area contributed by atoms with E-state index in [2.05, 4.69) is 5.32 Å². The average Bonchev–Trinajstić information content (AvgIpc) is 2.59. The van der Waals surface area contributed by atoms with Crippen LogP contribution in [0.3, 0.4) is 0 Å². The van der Waals surface area contributed by atoms with Gasteiger partial charge in [0.2, 0.25) is 0 Å². The molecule has 4 aliphatic carbocycles. The molecule has 1 aromatic carbocycles. The summed E-state index contributed by atoms with van der Waals surface area (Å²) in [5.41, 5.74) is 0.527. The fourth-order valence-corrected chi connectivity index (χ4v) is 5.94. The summed E-state index contributed by atoms with van der Waals surface area (Å²) < 4.78 is 10.7. The van der Waals surface area contributed by atoms with E-state index in [1.807, 2.05) is 24.3 Å². The first-order valence-electron chi connectivity index (χ1n) is 9.68. The Morgan fingerprint density at radius 3 is 2.16 bits per heavy atom. The molecule has 4 saturated carbocycles. The van der Waals surface area contributed by atoms with Crippen molar-refractivity contribution in [2.75, 3.05) is 20.3 Å². The molecule has 0 radical (unpaired) electrons. The van der Waals surface area contributed by atoms with E-state index < -0.39 is 0 Å². The second kappa shape index (κ2) is 6.89. The van der Waals surface area contributed by atoms with Crippen LogP contribution in [0, 0.1) is 23.2 Å². The molecule has 0 unspecified atom stereocenters. The predicted molar refractivity (Wildman–Crippen MR) is 96.7 cm³/mol. The normalized spacial score (nSPS) is 32.4. The lowest BCUT2D eigenvalue weighted by Gasteiger charge is -2.57. The summed E-state index contributed by atoms with van der Waals surface area (Å²) in [5.74, 6) is 4.37. The topological polar surface area (TPSA) is 47.6 Å². The third-order valence-electron chi connectivity index (χ3n) is 6.57. The summed E-state index contributed by atoms with van der Waals surface area (Å²) >= 11 is 0. The van der Waals surface area contributed by atoms with Gasteiger partial charge in [-0.3, -0.25) is 4.79 Å². The monoisotopic (exact) mass is 343 g/mol. The standard InChI is InChI=1S/C21H29NO3/c1-24-18-2-4-19(5-3-18)25-14-20(23)22-7-6-21-11-15-8-16(12-21)10-17(9-15)13-21/h2-5,15-17H,6-14H2,1H3,(H,22,23). The van der Waals surface area contributed by atoms with Gasteiger partial charge in [-0.1, -0.05) is 0 Å². The predicted octanol–water partition coefficient (Wildman–Crippen LogP) is 3.80. The molecule has 0 heterocycles. The summed E-state index contributed by atoms with van der Waals surface area (Å²) in [5, 5.41) is 3.06. The maximum absolute atomic E-state index is 12.1. The van der Waals surface area contributed by atoms with Gasteiger partial charge in [-0.25, -0.2) is 0 Å². The second-order valence-corrected chi connectivity index (χ2v) is 8.48. The molecule has 4 bridgehead atoms. The minimum Gasteiger partial charge on any atom is -0.497 e. The molecule has 4 aliphatic rings. The highest BCUT2D eigenvalue weighted by Crippen LogP contribution is 2.61. The Morgan fingerprint density at radius 1 is 1.04 bits per heavy atom. The smallest absolute Gasteiger partial charge is 0.257 e. The van der Waals surface area contributed by atoms with Crippen molar-refractivity contribution >= 4 is 5.91 Å². The van der Waals surface area contributed by atoms with Gasteiger partial charge < -0.3 is 14.8 Å².